The van der Waals surface area contributed by atoms with Crippen LogP contribution in [0.5, 0.6) is 0 Å². The molecule has 0 saturated carbocycles. The number of aromatic nitrogens is 3. The Morgan fingerprint density at radius 1 is 1.07 bits per heavy atom. The van der Waals surface area contributed by atoms with Gasteiger partial charge in [0.25, 0.3) is 5.91 Å². The molecule has 0 saturated heterocycles. The van der Waals surface area contributed by atoms with Gasteiger partial charge in [-0.05, 0) is 62.2 Å². The summed E-state index contributed by atoms with van der Waals surface area (Å²) in [5, 5.41) is 4.08. The van der Waals surface area contributed by atoms with E-state index in [9.17, 15) is 9.18 Å². The highest BCUT2D eigenvalue weighted by Gasteiger charge is 2.20. The Balaban J connectivity index is 1.99. The zero-order valence-electron chi connectivity index (χ0n) is 17.3. The molecule has 1 amide bonds. The number of nitrogens with zero attached hydrogens (tertiary/aromatic N) is 5. The number of halogens is 1. The highest BCUT2D eigenvalue weighted by atomic mass is 19.1. The van der Waals surface area contributed by atoms with Crippen molar-refractivity contribution < 1.29 is 9.18 Å². The molecule has 29 heavy (non-hydrogen) atoms. The smallest absolute Gasteiger partial charge is 0.256 e. The molecule has 0 aliphatic heterocycles. The number of likely N-dealkylation sites (N-methyl/N-ethyl adjacent to an activating group) is 1. The molecule has 0 N–H and O–H groups in total. The van der Waals surface area contributed by atoms with E-state index in [1.807, 2.05) is 51.6 Å². The third-order valence-electron chi connectivity index (χ3n) is 5.39. The number of carbonyl (C=O) groups excluding carboxylic acids is 1. The number of carbonyl (C=O) groups is 1. The Bertz CT molecular complexity index is 1260. The first kappa shape index (κ1) is 19.3. The van der Waals surface area contributed by atoms with Crippen LogP contribution in [0.4, 0.5) is 4.39 Å². The van der Waals surface area contributed by atoms with E-state index in [0.29, 0.717) is 23.1 Å². The van der Waals surface area contributed by atoms with Crippen LogP contribution in [0.2, 0.25) is 0 Å². The molecule has 0 bridgehead atoms. The molecule has 0 radical (unpaired) electrons. The Morgan fingerprint density at radius 2 is 1.72 bits per heavy atom. The monoisotopic (exact) mass is 393 g/mol. The topological polar surface area (TPSA) is 54.3 Å². The molecule has 2 aromatic heterocycles. The maximum atomic E-state index is 14.0. The van der Waals surface area contributed by atoms with Gasteiger partial charge in [-0.15, -0.1) is 0 Å². The van der Waals surface area contributed by atoms with E-state index in [0.717, 1.165) is 27.7 Å². The van der Waals surface area contributed by atoms with Crippen molar-refractivity contribution in [2.45, 2.75) is 27.3 Å². The van der Waals surface area contributed by atoms with Gasteiger partial charge in [0.15, 0.2) is 5.65 Å². The number of aryl methyl sites for hydroxylation is 2. The summed E-state index contributed by atoms with van der Waals surface area (Å²) in [6.45, 7) is 6.65. The normalized spacial score (nSPS) is 11.8. The minimum atomic E-state index is -0.340. The second-order valence-electron chi connectivity index (χ2n) is 7.53. The van der Waals surface area contributed by atoms with E-state index < -0.39 is 0 Å². The lowest BCUT2D eigenvalue weighted by atomic mass is 10.1. The van der Waals surface area contributed by atoms with Crippen LogP contribution in [0.25, 0.3) is 33.1 Å². The summed E-state index contributed by atoms with van der Waals surface area (Å²) in [6.07, 6.45) is 0. The molecule has 150 valence electrons. The lowest BCUT2D eigenvalue weighted by molar-refractivity contribution is -0.144. The van der Waals surface area contributed by atoms with Gasteiger partial charge in [-0.1, -0.05) is 0 Å². The largest absolute Gasteiger partial charge is 0.314 e. The van der Waals surface area contributed by atoms with Crippen molar-refractivity contribution in [2.75, 3.05) is 20.6 Å². The molecule has 0 fully saturated rings. The zero-order chi connectivity index (χ0) is 20.9. The first-order chi connectivity index (χ1) is 13.8. The number of hydrazine groups is 1. The van der Waals surface area contributed by atoms with Gasteiger partial charge < -0.3 is 4.57 Å². The number of fused-ring (bicyclic) bond motifs is 4. The minimum absolute atomic E-state index is 0.0670. The van der Waals surface area contributed by atoms with Crippen LogP contribution >= 0.6 is 0 Å². The van der Waals surface area contributed by atoms with E-state index in [4.69, 9.17) is 9.97 Å². The number of hydrogen-bond donors (Lipinski definition) is 0. The van der Waals surface area contributed by atoms with Crippen LogP contribution < -0.4 is 0 Å². The molecule has 0 aliphatic carbocycles. The first-order valence-corrected chi connectivity index (χ1v) is 9.64. The van der Waals surface area contributed by atoms with Crippen molar-refractivity contribution in [3.05, 3.63) is 47.3 Å². The maximum Gasteiger partial charge on any atom is 0.256 e. The molecular formula is C22H24FN5O. The molecule has 4 rings (SSSR count). The Morgan fingerprint density at radius 3 is 2.34 bits per heavy atom. The molecule has 6 nitrogen and oxygen atoms in total. The van der Waals surface area contributed by atoms with Crippen molar-refractivity contribution in [1.29, 1.82) is 0 Å². The van der Waals surface area contributed by atoms with Crippen LogP contribution in [0, 0.1) is 19.7 Å². The highest BCUT2D eigenvalue weighted by molar-refractivity contribution is 6.07. The number of hydrogen-bond acceptors (Lipinski definition) is 4. The Hall–Kier alpha value is -3.06. The van der Waals surface area contributed by atoms with Gasteiger partial charge in [0, 0.05) is 26.0 Å². The molecular weight excluding hydrogens is 369 g/mol. The summed E-state index contributed by atoms with van der Waals surface area (Å²) in [6, 6.07) is 8.55. The van der Waals surface area contributed by atoms with Gasteiger partial charge >= 0.3 is 0 Å². The van der Waals surface area contributed by atoms with Crippen molar-refractivity contribution in [1.82, 2.24) is 24.6 Å². The van der Waals surface area contributed by atoms with Crippen molar-refractivity contribution >= 4 is 39.0 Å². The summed E-state index contributed by atoms with van der Waals surface area (Å²) >= 11 is 0. The molecule has 2 aromatic carbocycles. The van der Waals surface area contributed by atoms with Gasteiger partial charge in [-0.25, -0.2) is 19.4 Å². The summed E-state index contributed by atoms with van der Waals surface area (Å²) in [5.74, 6) is -0.407. The van der Waals surface area contributed by atoms with Gasteiger partial charge in [-0.2, -0.15) is 0 Å². The molecule has 0 aliphatic rings. The van der Waals surface area contributed by atoms with E-state index in [2.05, 4.69) is 0 Å². The lowest BCUT2D eigenvalue weighted by Crippen LogP contribution is -2.43. The highest BCUT2D eigenvalue weighted by Crippen LogP contribution is 2.30. The number of amides is 1. The van der Waals surface area contributed by atoms with E-state index in [-0.39, 0.29) is 18.3 Å². The van der Waals surface area contributed by atoms with Crippen LogP contribution in [0.15, 0.2) is 30.3 Å². The van der Waals surface area contributed by atoms with E-state index >= 15 is 0 Å². The number of benzene rings is 2. The SMILES string of the molecule is CCN(C(=O)Cn1c2ccc(F)cc2c2nc3cc(C)c(C)cc3nc21)N(C)C. The lowest BCUT2D eigenvalue weighted by Gasteiger charge is -2.27. The second-order valence-corrected chi connectivity index (χ2v) is 7.53. The van der Waals surface area contributed by atoms with Gasteiger partial charge in [0.1, 0.15) is 17.9 Å². The maximum absolute atomic E-state index is 14.0. The summed E-state index contributed by atoms with van der Waals surface area (Å²) in [5.41, 5.74) is 5.71. The van der Waals surface area contributed by atoms with E-state index in [1.54, 1.807) is 16.1 Å². The third-order valence-corrected chi connectivity index (χ3v) is 5.39. The van der Waals surface area contributed by atoms with Gasteiger partial charge in [0.2, 0.25) is 0 Å². The molecule has 7 heteroatoms. The summed E-state index contributed by atoms with van der Waals surface area (Å²) in [4.78, 5) is 22.6. The molecule has 0 atom stereocenters. The van der Waals surface area contributed by atoms with E-state index in [1.165, 1.54) is 12.1 Å². The summed E-state index contributed by atoms with van der Waals surface area (Å²) < 4.78 is 15.9. The average Bonchev–Trinajstić information content (AvgIpc) is 2.93. The fraction of sp³-hybridized carbons (Fsp3) is 0.318. The van der Waals surface area contributed by atoms with Crippen LogP contribution in [-0.2, 0) is 11.3 Å². The second kappa shape index (κ2) is 7.08. The van der Waals surface area contributed by atoms with Crippen molar-refractivity contribution in [3.63, 3.8) is 0 Å². The Kier molecular flexibility index (Phi) is 4.70. The minimum Gasteiger partial charge on any atom is -0.314 e. The van der Waals surface area contributed by atoms with Crippen molar-refractivity contribution in [2.24, 2.45) is 0 Å². The van der Waals surface area contributed by atoms with Crippen LogP contribution in [0.1, 0.15) is 18.1 Å². The number of rotatable bonds is 4. The standard InChI is InChI=1S/C22H24FN5O/c1-6-28(26(4)5)20(29)12-27-19-8-7-15(23)11-16(19)21-22(27)25-18-10-14(3)13(2)9-17(18)24-21/h7-11H,6,12H2,1-5H3. The first-order valence-electron chi connectivity index (χ1n) is 9.64. The predicted octanol–water partition coefficient (Wildman–Crippen LogP) is 3.82. The fourth-order valence-electron chi connectivity index (χ4n) is 3.78. The molecule has 0 unspecified atom stereocenters. The Labute approximate surface area is 168 Å². The summed E-state index contributed by atoms with van der Waals surface area (Å²) in [7, 11) is 3.67. The van der Waals surface area contributed by atoms with Gasteiger partial charge in [0.05, 0.1) is 16.6 Å². The molecule has 4 aromatic rings. The third kappa shape index (κ3) is 3.21. The molecule has 0 spiro atoms. The molecule has 2 heterocycles. The quantitative estimate of drug-likeness (QED) is 0.495. The fourth-order valence-corrected chi connectivity index (χ4v) is 3.78. The van der Waals surface area contributed by atoms with Crippen LogP contribution in [0.3, 0.4) is 0 Å². The predicted molar refractivity (Wildman–Crippen MR) is 113 cm³/mol. The van der Waals surface area contributed by atoms with Gasteiger partial charge in [-0.3, -0.25) is 9.80 Å². The van der Waals surface area contributed by atoms with Crippen molar-refractivity contribution in [3.8, 4) is 0 Å². The zero-order valence-corrected chi connectivity index (χ0v) is 17.3. The average molecular weight is 393 g/mol. The van der Waals surface area contributed by atoms with Crippen LogP contribution in [-0.4, -0.2) is 51.1 Å².